The van der Waals surface area contributed by atoms with Crippen LogP contribution in [0.25, 0.3) is 10.6 Å². The van der Waals surface area contributed by atoms with E-state index in [9.17, 15) is 9.59 Å². The summed E-state index contributed by atoms with van der Waals surface area (Å²) in [7, 11) is 0. The van der Waals surface area contributed by atoms with Crippen LogP contribution >= 0.6 is 11.3 Å². The Morgan fingerprint density at radius 1 is 1.31 bits per heavy atom. The molecular weight excluding hydrogens is 348 g/mol. The summed E-state index contributed by atoms with van der Waals surface area (Å²) in [6.07, 6.45) is 3.29. The molecule has 138 valence electrons. The first-order chi connectivity index (χ1) is 12.4. The van der Waals surface area contributed by atoms with Crippen molar-refractivity contribution < 1.29 is 9.59 Å². The molecule has 0 spiro atoms. The minimum atomic E-state index is -0.309. The van der Waals surface area contributed by atoms with Gasteiger partial charge in [-0.3, -0.25) is 14.5 Å². The highest BCUT2D eigenvalue weighted by molar-refractivity contribution is 7.16. The van der Waals surface area contributed by atoms with Gasteiger partial charge in [0.15, 0.2) is 0 Å². The van der Waals surface area contributed by atoms with Gasteiger partial charge in [0.05, 0.1) is 12.7 Å². The van der Waals surface area contributed by atoms with Crippen LogP contribution in [0.2, 0.25) is 0 Å². The van der Waals surface area contributed by atoms with Gasteiger partial charge in [-0.1, -0.05) is 23.8 Å². The monoisotopic (exact) mass is 372 g/mol. The van der Waals surface area contributed by atoms with Crippen LogP contribution in [0, 0.1) is 13.8 Å². The van der Waals surface area contributed by atoms with Gasteiger partial charge in [-0.05, 0) is 32.3 Å². The Morgan fingerprint density at radius 3 is 2.69 bits per heavy atom. The summed E-state index contributed by atoms with van der Waals surface area (Å²) >= 11 is 1.42. The molecule has 1 fully saturated rings. The molecule has 3 rings (SSSR count). The van der Waals surface area contributed by atoms with E-state index in [-0.39, 0.29) is 24.4 Å². The number of aromatic nitrogens is 1. The highest BCUT2D eigenvalue weighted by Crippen LogP contribution is 2.28. The molecule has 1 aliphatic rings. The van der Waals surface area contributed by atoms with Gasteiger partial charge in [-0.15, -0.1) is 11.3 Å². The first-order valence-corrected chi connectivity index (χ1v) is 9.59. The number of piperidine rings is 1. The lowest BCUT2D eigenvalue weighted by atomic mass is 10.0. The fraction of sp³-hybridized carbons (Fsp3) is 0.421. The van der Waals surface area contributed by atoms with E-state index in [4.69, 9.17) is 5.73 Å². The maximum Gasteiger partial charge on any atom is 0.263 e. The molecule has 7 heteroatoms. The van der Waals surface area contributed by atoms with E-state index in [0.29, 0.717) is 4.88 Å². The summed E-state index contributed by atoms with van der Waals surface area (Å²) < 4.78 is 0. The van der Waals surface area contributed by atoms with Crippen LogP contribution in [0.15, 0.2) is 24.4 Å². The zero-order valence-corrected chi connectivity index (χ0v) is 15.9. The molecule has 1 saturated heterocycles. The highest BCUT2D eigenvalue weighted by Gasteiger charge is 2.23. The third-order valence-corrected chi connectivity index (χ3v) is 5.67. The summed E-state index contributed by atoms with van der Waals surface area (Å²) in [5.41, 5.74) is 8.67. The number of nitrogens with zero attached hydrogens (tertiary/aromatic N) is 2. The fourth-order valence-corrected chi connectivity index (χ4v) is 4.18. The largest absolute Gasteiger partial charge is 0.369 e. The number of rotatable bonds is 5. The average molecular weight is 372 g/mol. The number of aryl methyl sites for hydroxylation is 2. The average Bonchev–Trinajstić information content (AvgIpc) is 3.06. The molecule has 0 radical (unpaired) electrons. The van der Waals surface area contributed by atoms with E-state index in [1.54, 1.807) is 6.20 Å². The molecule has 6 nitrogen and oxygen atoms in total. The van der Waals surface area contributed by atoms with Gasteiger partial charge >= 0.3 is 0 Å². The van der Waals surface area contributed by atoms with Crippen LogP contribution < -0.4 is 11.1 Å². The van der Waals surface area contributed by atoms with E-state index in [1.807, 2.05) is 4.90 Å². The molecule has 1 aromatic carbocycles. The Balaban J connectivity index is 1.60. The number of amides is 2. The smallest absolute Gasteiger partial charge is 0.263 e. The lowest BCUT2D eigenvalue weighted by Gasteiger charge is -2.31. The van der Waals surface area contributed by atoms with Crippen molar-refractivity contribution in [3.05, 3.63) is 40.4 Å². The fourth-order valence-electron chi connectivity index (χ4n) is 3.27. The molecular formula is C19H24N4O2S. The zero-order chi connectivity index (χ0) is 18.7. The van der Waals surface area contributed by atoms with E-state index < -0.39 is 0 Å². The molecule has 0 atom stereocenters. The third-order valence-electron chi connectivity index (χ3n) is 4.64. The molecule has 1 aliphatic heterocycles. The van der Waals surface area contributed by atoms with E-state index in [2.05, 4.69) is 42.3 Å². The highest BCUT2D eigenvalue weighted by atomic mass is 32.1. The van der Waals surface area contributed by atoms with Gasteiger partial charge in [0.2, 0.25) is 5.91 Å². The van der Waals surface area contributed by atoms with Crippen molar-refractivity contribution >= 4 is 23.2 Å². The number of carbonyl (C=O) groups is 2. The summed E-state index contributed by atoms with van der Waals surface area (Å²) in [5.74, 6) is -0.386. The van der Waals surface area contributed by atoms with Gasteiger partial charge in [-0.2, -0.15) is 0 Å². The van der Waals surface area contributed by atoms with Crippen LogP contribution in [0.5, 0.6) is 0 Å². The van der Waals surface area contributed by atoms with Gasteiger partial charge in [0, 0.05) is 24.7 Å². The van der Waals surface area contributed by atoms with Crippen LogP contribution in [-0.4, -0.2) is 47.4 Å². The number of likely N-dealkylation sites (tertiary alicyclic amines) is 1. The normalized spacial score (nSPS) is 15.8. The second-order valence-electron chi connectivity index (χ2n) is 6.84. The van der Waals surface area contributed by atoms with E-state index in [0.717, 1.165) is 42.1 Å². The number of thiazole rings is 1. The second-order valence-corrected chi connectivity index (χ2v) is 7.87. The molecule has 2 heterocycles. The predicted octanol–water partition coefficient (Wildman–Crippen LogP) is 2.11. The van der Waals surface area contributed by atoms with Crippen molar-refractivity contribution in [1.82, 2.24) is 15.2 Å². The van der Waals surface area contributed by atoms with Crippen molar-refractivity contribution in [2.24, 2.45) is 5.73 Å². The number of carbonyl (C=O) groups excluding carboxylic acids is 2. The third kappa shape index (κ3) is 4.47. The van der Waals surface area contributed by atoms with Crippen LogP contribution in [0.1, 0.15) is 33.6 Å². The van der Waals surface area contributed by atoms with E-state index >= 15 is 0 Å². The van der Waals surface area contributed by atoms with Gasteiger partial charge in [0.25, 0.3) is 5.91 Å². The van der Waals surface area contributed by atoms with Crippen molar-refractivity contribution in [3.63, 3.8) is 0 Å². The minimum Gasteiger partial charge on any atom is -0.369 e. The maximum absolute atomic E-state index is 12.5. The molecule has 0 bridgehead atoms. The Morgan fingerprint density at radius 2 is 2.04 bits per heavy atom. The number of benzene rings is 1. The number of primary amides is 1. The number of hydrogen-bond acceptors (Lipinski definition) is 5. The molecule has 26 heavy (non-hydrogen) atoms. The van der Waals surface area contributed by atoms with Gasteiger partial charge in [-0.25, -0.2) is 4.98 Å². The SMILES string of the molecule is Cc1ccc(-c2ncc(C(=O)NC3CCN(CC(N)=O)CC3)s2)c(C)c1. The molecule has 0 saturated carbocycles. The second kappa shape index (κ2) is 7.97. The van der Waals surface area contributed by atoms with Gasteiger partial charge in [0.1, 0.15) is 9.88 Å². The number of nitrogens with two attached hydrogens (primary N) is 1. The molecule has 2 aromatic rings. The van der Waals surface area contributed by atoms with Crippen molar-refractivity contribution in [3.8, 4) is 10.6 Å². The van der Waals surface area contributed by atoms with Crippen molar-refractivity contribution in [2.75, 3.05) is 19.6 Å². The standard InChI is InChI=1S/C19H24N4O2S/c1-12-3-4-15(13(2)9-12)19-21-10-16(26-19)18(25)22-14-5-7-23(8-6-14)11-17(20)24/h3-4,9-10,14H,5-8,11H2,1-2H3,(H2,20,24)(H,22,25). The quantitative estimate of drug-likeness (QED) is 0.841. The Kier molecular flexibility index (Phi) is 5.68. The summed E-state index contributed by atoms with van der Waals surface area (Å²) in [6, 6.07) is 6.36. The molecule has 2 amide bonds. The van der Waals surface area contributed by atoms with Crippen molar-refractivity contribution in [2.45, 2.75) is 32.7 Å². The first-order valence-electron chi connectivity index (χ1n) is 8.77. The molecule has 1 aromatic heterocycles. The van der Waals surface area contributed by atoms with E-state index in [1.165, 1.54) is 16.9 Å². The summed E-state index contributed by atoms with van der Waals surface area (Å²) in [4.78, 5) is 30.6. The molecule has 0 aliphatic carbocycles. The Hall–Kier alpha value is -2.25. The zero-order valence-electron chi connectivity index (χ0n) is 15.1. The van der Waals surface area contributed by atoms with Crippen LogP contribution in [0.3, 0.4) is 0 Å². The number of hydrogen-bond donors (Lipinski definition) is 2. The van der Waals surface area contributed by atoms with Crippen molar-refractivity contribution in [1.29, 1.82) is 0 Å². The topological polar surface area (TPSA) is 88.3 Å². The first kappa shape index (κ1) is 18.5. The van der Waals surface area contributed by atoms with Crippen LogP contribution in [-0.2, 0) is 4.79 Å². The Labute approximate surface area is 157 Å². The number of nitrogens with one attached hydrogen (secondary N) is 1. The summed E-state index contributed by atoms with van der Waals surface area (Å²) in [6.45, 7) is 5.94. The molecule has 0 unspecified atom stereocenters. The Bertz CT molecular complexity index is 810. The maximum atomic E-state index is 12.5. The van der Waals surface area contributed by atoms with Gasteiger partial charge < -0.3 is 11.1 Å². The van der Waals surface area contributed by atoms with Crippen LogP contribution in [0.4, 0.5) is 0 Å². The lowest BCUT2D eigenvalue weighted by Crippen LogP contribution is -2.46. The molecule has 3 N–H and O–H groups in total. The predicted molar refractivity (Wildman–Crippen MR) is 103 cm³/mol. The summed E-state index contributed by atoms with van der Waals surface area (Å²) in [5, 5.41) is 3.95. The lowest BCUT2D eigenvalue weighted by molar-refractivity contribution is -0.119. The minimum absolute atomic E-state index is 0.0770.